The summed E-state index contributed by atoms with van der Waals surface area (Å²) in [7, 11) is 1.07. The van der Waals surface area contributed by atoms with E-state index >= 15 is 0 Å². The van der Waals surface area contributed by atoms with Gasteiger partial charge in [0.1, 0.15) is 0 Å². The number of carbonyl (C=O) groups excluding carboxylic acids is 2. The van der Waals surface area contributed by atoms with Gasteiger partial charge in [-0.25, -0.2) is 9.59 Å². The van der Waals surface area contributed by atoms with E-state index in [0.29, 0.717) is 30.0 Å². The number of fused-ring (bicyclic) bond motifs is 2. The normalized spacial score (nSPS) is 18.8. The summed E-state index contributed by atoms with van der Waals surface area (Å²) in [6.45, 7) is 3.42. The molecule has 0 radical (unpaired) electrons. The third-order valence-electron chi connectivity index (χ3n) is 6.74. The number of rotatable bonds is 4. The van der Waals surface area contributed by atoms with Gasteiger partial charge in [0.25, 0.3) is 0 Å². The van der Waals surface area contributed by atoms with E-state index in [9.17, 15) is 35.9 Å². The number of hydrogen-bond donors (Lipinski definition) is 0. The van der Waals surface area contributed by atoms with E-state index in [1.807, 2.05) is 0 Å². The van der Waals surface area contributed by atoms with Gasteiger partial charge in [0.05, 0.1) is 49.8 Å². The number of halogens is 6. The first kappa shape index (κ1) is 28.5. The second kappa shape index (κ2) is 10.6. The molecule has 39 heavy (non-hydrogen) atoms. The van der Waals surface area contributed by atoms with E-state index < -0.39 is 54.3 Å². The number of methoxy groups -OCH3 is 1. The Morgan fingerprint density at radius 1 is 1.00 bits per heavy atom. The fraction of sp³-hybridized carbons (Fsp3) is 0.462. The molecule has 7 nitrogen and oxygen atoms in total. The second-order valence-corrected chi connectivity index (χ2v) is 9.35. The van der Waals surface area contributed by atoms with E-state index in [0.717, 1.165) is 23.1 Å². The summed E-state index contributed by atoms with van der Waals surface area (Å²) >= 11 is 0. The first-order chi connectivity index (χ1) is 18.2. The Morgan fingerprint density at radius 2 is 1.59 bits per heavy atom. The molecule has 2 aliphatic heterocycles. The van der Waals surface area contributed by atoms with Gasteiger partial charge in [-0.2, -0.15) is 26.3 Å². The van der Waals surface area contributed by atoms with Crippen molar-refractivity contribution in [3.63, 3.8) is 0 Å². The zero-order chi connectivity index (χ0) is 28.7. The van der Waals surface area contributed by atoms with Gasteiger partial charge < -0.3 is 14.2 Å². The smallest absolute Gasteiger partial charge is 0.416 e. The number of ether oxygens (including phenoxy) is 3. The Morgan fingerprint density at radius 3 is 2.13 bits per heavy atom. The summed E-state index contributed by atoms with van der Waals surface area (Å²) < 4.78 is 96.5. The molecule has 2 aromatic rings. The Hall–Kier alpha value is -3.48. The molecule has 2 aromatic carbocycles. The number of carbonyl (C=O) groups is 2. The van der Waals surface area contributed by atoms with Crippen LogP contribution < -0.4 is 4.90 Å². The highest BCUT2D eigenvalue weighted by Crippen LogP contribution is 2.44. The highest BCUT2D eigenvalue weighted by atomic mass is 19.4. The minimum atomic E-state index is -5.04. The maximum Gasteiger partial charge on any atom is 0.416 e. The Kier molecular flexibility index (Phi) is 7.75. The van der Waals surface area contributed by atoms with Crippen LogP contribution in [0.5, 0.6) is 0 Å². The van der Waals surface area contributed by atoms with Crippen LogP contribution in [0.3, 0.4) is 0 Å². The number of amides is 2. The van der Waals surface area contributed by atoms with Crippen LogP contribution in [-0.2, 0) is 46.3 Å². The molecule has 0 saturated carbocycles. The molecule has 0 aliphatic carbocycles. The summed E-state index contributed by atoms with van der Waals surface area (Å²) in [6.07, 6.45) is -11.5. The van der Waals surface area contributed by atoms with Crippen LogP contribution in [0, 0.1) is 0 Å². The van der Waals surface area contributed by atoms with Crippen molar-refractivity contribution in [1.82, 2.24) is 4.90 Å². The highest BCUT2D eigenvalue weighted by molar-refractivity contribution is 5.91. The van der Waals surface area contributed by atoms with E-state index in [4.69, 9.17) is 14.2 Å². The molecule has 0 aromatic heterocycles. The van der Waals surface area contributed by atoms with Gasteiger partial charge in [-0.3, -0.25) is 9.80 Å². The van der Waals surface area contributed by atoms with Crippen molar-refractivity contribution in [2.75, 3.05) is 18.6 Å². The molecule has 4 rings (SSSR count). The van der Waals surface area contributed by atoms with E-state index in [1.165, 1.54) is 4.90 Å². The molecule has 0 spiro atoms. The third kappa shape index (κ3) is 5.77. The van der Waals surface area contributed by atoms with E-state index in [-0.39, 0.29) is 31.3 Å². The van der Waals surface area contributed by atoms with Crippen LogP contribution in [0.25, 0.3) is 0 Å². The number of nitrogens with zero attached hydrogens (tertiary/aromatic N) is 2. The quantitative estimate of drug-likeness (QED) is 0.384. The zero-order valence-electron chi connectivity index (χ0n) is 21.3. The molecule has 0 N–H and O–H groups in total. The van der Waals surface area contributed by atoms with Crippen molar-refractivity contribution in [2.24, 2.45) is 0 Å². The van der Waals surface area contributed by atoms with Gasteiger partial charge >= 0.3 is 24.5 Å². The fourth-order valence-electron chi connectivity index (χ4n) is 5.00. The van der Waals surface area contributed by atoms with Gasteiger partial charge in [-0.1, -0.05) is 0 Å². The summed E-state index contributed by atoms with van der Waals surface area (Å²) in [5.41, 5.74) is -0.868. The van der Waals surface area contributed by atoms with Crippen molar-refractivity contribution in [3.8, 4) is 0 Å². The summed E-state index contributed by atoms with van der Waals surface area (Å²) in [6, 6.07) is 3.29. The van der Waals surface area contributed by atoms with Crippen molar-refractivity contribution >= 4 is 17.9 Å². The van der Waals surface area contributed by atoms with E-state index in [2.05, 4.69) is 0 Å². The number of hydrogen-bond acceptors (Lipinski definition) is 5. The van der Waals surface area contributed by atoms with Gasteiger partial charge in [0, 0.05) is 12.6 Å². The third-order valence-corrected chi connectivity index (χ3v) is 6.74. The lowest BCUT2D eigenvalue weighted by atomic mass is 9.88. The predicted octanol–water partition coefficient (Wildman–Crippen LogP) is 6.82. The van der Waals surface area contributed by atoms with Crippen LogP contribution in [0.15, 0.2) is 30.3 Å². The molecule has 212 valence electrons. The molecule has 0 unspecified atom stereocenters. The number of benzene rings is 2. The molecular weight excluding hydrogens is 534 g/mol. The first-order valence-electron chi connectivity index (χ1n) is 12.1. The van der Waals surface area contributed by atoms with Gasteiger partial charge in [0.15, 0.2) is 0 Å². The minimum absolute atomic E-state index is 0.0322. The van der Waals surface area contributed by atoms with Crippen molar-refractivity contribution in [1.29, 1.82) is 0 Å². The second-order valence-electron chi connectivity index (χ2n) is 9.35. The number of alkyl halides is 6. The molecule has 0 saturated heterocycles. The molecule has 13 heteroatoms. The lowest BCUT2D eigenvalue weighted by Crippen LogP contribution is -2.47. The molecule has 2 aliphatic rings. The predicted molar refractivity (Wildman–Crippen MR) is 126 cm³/mol. The van der Waals surface area contributed by atoms with Crippen LogP contribution >= 0.6 is 0 Å². The van der Waals surface area contributed by atoms with Gasteiger partial charge in [-0.15, -0.1) is 0 Å². The average molecular weight is 560 g/mol. The first-order valence-corrected chi connectivity index (χ1v) is 12.1. The Bertz CT molecular complexity index is 1230. The molecule has 2 heterocycles. The Balaban J connectivity index is 1.83. The lowest BCUT2D eigenvalue weighted by Gasteiger charge is -2.42. The summed E-state index contributed by atoms with van der Waals surface area (Å²) in [5, 5.41) is 0. The lowest BCUT2D eigenvalue weighted by molar-refractivity contribution is -0.143. The van der Waals surface area contributed by atoms with Gasteiger partial charge in [-0.05, 0) is 72.9 Å². The van der Waals surface area contributed by atoms with Crippen molar-refractivity contribution in [3.05, 3.63) is 63.7 Å². The molecular formula is C26H26F6N2O5. The molecule has 2 amide bonds. The Labute approximate surface area is 220 Å². The summed E-state index contributed by atoms with van der Waals surface area (Å²) in [4.78, 5) is 28.3. The topological polar surface area (TPSA) is 68.3 Å². The fourth-order valence-corrected chi connectivity index (χ4v) is 5.00. The molecule has 2 atom stereocenters. The number of anilines is 1. The van der Waals surface area contributed by atoms with E-state index in [1.54, 1.807) is 26.0 Å². The van der Waals surface area contributed by atoms with Crippen LogP contribution in [0.1, 0.15) is 59.7 Å². The largest absolute Gasteiger partial charge is 0.453 e. The maximum absolute atomic E-state index is 13.5. The average Bonchev–Trinajstić information content (AvgIpc) is 3.31. The summed E-state index contributed by atoms with van der Waals surface area (Å²) in [5.74, 6) is 0. The zero-order valence-corrected chi connectivity index (χ0v) is 21.3. The van der Waals surface area contributed by atoms with Crippen LogP contribution in [0.4, 0.5) is 41.6 Å². The van der Waals surface area contributed by atoms with Crippen LogP contribution in [-0.4, -0.2) is 36.8 Å². The molecule has 0 fully saturated rings. The maximum atomic E-state index is 13.5. The minimum Gasteiger partial charge on any atom is -0.453 e. The standard InChI is InChI=1S/C26H26F6N2O5/c1-4-39-24(36)34-14(2)5-21(20-8-16-12-38-13-17(16)9-22(20)34)33(23(35)37-3)11-15-6-18(25(27,28)29)10-19(7-15)26(30,31)32/h6-10,14,21H,4-5,11-13H2,1-3H3/t14-,21+/m0/s1. The van der Waals surface area contributed by atoms with Gasteiger partial charge in [0.2, 0.25) is 0 Å². The SMILES string of the molecule is CCOC(=O)N1c2cc3c(cc2[C@H](N(Cc2cc(C(F)(F)F)cc(C(F)(F)F)c2)C(=O)OC)C[C@@H]1C)COC3. The van der Waals surface area contributed by atoms with Crippen molar-refractivity contribution in [2.45, 2.75) is 64.5 Å². The monoisotopic (exact) mass is 560 g/mol. The molecule has 0 bridgehead atoms. The highest BCUT2D eigenvalue weighted by Gasteiger charge is 2.41. The van der Waals surface area contributed by atoms with Crippen molar-refractivity contribution < 1.29 is 50.1 Å². The van der Waals surface area contributed by atoms with Crippen LogP contribution in [0.2, 0.25) is 0 Å².